The van der Waals surface area contributed by atoms with E-state index in [-0.39, 0.29) is 0 Å². The first-order chi connectivity index (χ1) is 8.60. The normalized spacial score (nSPS) is 10.4. The van der Waals surface area contributed by atoms with Gasteiger partial charge in [-0.1, -0.05) is 18.5 Å². The van der Waals surface area contributed by atoms with Crippen LogP contribution in [0.2, 0.25) is 5.02 Å². The molecule has 18 heavy (non-hydrogen) atoms. The van der Waals surface area contributed by atoms with Gasteiger partial charge in [0.2, 0.25) is 0 Å². The fourth-order valence-corrected chi connectivity index (χ4v) is 1.66. The standard InChI is InChI=1S/C14H11ClF2O/c1-2-9-7-12(16)14(13(17)8-9)18-11-5-3-10(15)4-6-11/h3-8H,2H2,1H3. The summed E-state index contributed by atoms with van der Waals surface area (Å²) in [4.78, 5) is 0. The molecule has 0 fully saturated rings. The SMILES string of the molecule is CCc1cc(F)c(Oc2ccc(Cl)cc2)c(F)c1. The molecule has 4 heteroatoms. The van der Waals surface area contributed by atoms with E-state index < -0.39 is 17.4 Å². The van der Waals surface area contributed by atoms with Crippen LogP contribution >= 0.6 is 11.6 Å². The average molecular weight is 269 g/mol. The van der Waals surface area contributed by atoms with Crippen molar-refractivity contribution in [2.45, 2.75) is 13.3 Å². The molecule has 0 aliphatic rings. The van der Waals surface area contributed by atoms with Crippen molar-refractivity contribution in [3.63, 3.8) is 0 Å². The van der Waals surface area contributed by atoms with Gasteiger partial charge in [0.15, 0.2) is 17.4 Å². The maximum Gasteiger partial charge on any atom is 0.198 e. The van der Waals surface area contributed by atoms with E-state index in [0.717, 1.165) is 0 Å². The molecule has 2 aromatic carbocycles. The van der Waals surface area contributed by atoms with Gasteiger partial charge in [-0.25, -0.2) is 8.78 Å². The van der Waals surface area contributed by atoms with Crippen molar-refractivity contribution >= 4 is 11.6 Å². The van der Waals surface area contributed by atoms with E-state index in [2.05, 4.69) is 0 Å². The zero-order valence-corrected chi connectivity index (χ0v) is 10.5. The Morgan fingerprint density at radius 1 is 1.06 bits per heavy atom. The zero-order valence-electron chi connectivity index (χ0n) is 9.71. The summed E-state index contributed by atoms with van der Waals surface area (Å²) in [6, 6.07) is 8.83. The van der Waals surface area contributed by atoms with Gasteiger partial charge in [-0.05, 0) is 48.4 Å². The van der Waals surface area contributed by atoms with Crippen LogP contribution in [0.4, 0.5) is 8.78 Å². The van der Waals surface area contributed by atoms with Crippen LogP contribution in [0.15, 0.2) is 36.4 Å². The van der Waals surface area contributed by atoms with Crippen LogP contribution in [0.1, 0.15) is 12.5 Å². The van der Waals surface area contributed by atoms with E-state index in [1.54, 1.807) is 24.3 Å². The van der Waals surface area contributed by atoms with E-state index in [4.69, 9.17) is 16.3 Å². The van der Waals surface area contributed by atoms with E-state index in [9.17, 15) is 8.78 Å². The molecule has 0 atom stereocenters. The Balaban J connectivity index is 2.31. The van der Waals surface area contributed by atoms with Gasteiger partial charge in [0.1, 0.15) is 5.75 Å². The second-order valence-corrected chi connectivity index (χ2v) is 4.23. The molecule has 2 rings (SSSR count). The number of ether oxygens (including phenoxy) is 1. The van der Waals surface area contributed by atoms with Crippen LogP contribution in [-0.4, -0.2) is 0 Å². The summed E-state index contributed by atoms with van der Waals surface area (Å²) in [6.45, 7) is 1.83. The van der Waals surface area contributed by atoms with Crippen LogP contribution in [0, 0.1) is 11.6 Å². The summed E-state index contributed by atoms with van der Waals surface area (Å²) in [5, 5.41) is 0.532. The smallest absolute Gasteiger partial charge is 0.198 e. The fourth-order valence-electron chi connectivity index (χ4n) is 1.53. The monoisotopic (exact) mass is 268 g/mol. The van der Waals surface area contributed by atoms with Crippen molar-refractivity contribution < 1.29 is 13.5 Å². The molecule has 0 spiro atoms. The quantitative estimate of drug-likeness (QED) is 0.763. The second kappa shape index (κ2) is 5.36. The van der Waals surface area contributed by atoms with E-state index >= 15 is 0 Å². The lowest BCUT2D eigenvalue weighted by Crippen LogP contribution is -1.95. The number of rotatable bonds is 3. The average Bonchev–Trinajstić information content (AvgIpc) is 2.35. The van der Waals surface area contributed by atoms with Crippen LogP contribution < -0.4 is 4.74 Å². The number of halogens is 3. The maximum absolute atomic E-state index is 13.7. The minimum atomic E-state index is -0.707. The van der Waals surface area contributed by atoms with Crippen molar-refractivity contribution in [3.8, 4) is 11.5 Å². The van der Waals surface area contributed by atoms with E-state index in [1.165, 1.54) is 12.1 Å². The van der Waals surface area contributed by atoms with Crippen molar-refractivity contribution in [2.75, 3.05) is 0 Å². The van der Waals surface area contributed by atoms with Gasteiger partial charge in [0.25, 0.3) is 0 Å². The topological polar surface area (TPSA) is 9.23 Å². The van der Waals surface area contributed by atoms with Gasteiger partial charge < -0.3 is 4.74 Å². The van der Waals surface area contributed by atoms with Crippen molar-refractivity contribution in [1.82, 2.24) is 0 Å². The molecule has 0 aliphatic carbocycles. The van der Waals surface area contributed by atoms with Gasteiger partial charge in [-0.15, -0.1) is 0 Å². The highest BCUT2D eigenvalue weighted by molar-refractivity contribution is 6.30. The number of benzene rings is 2. The first kappa shape index (κ1) is 12.8. The molecule has 0 N–H and O–H groups in total. The van der Waals surface area contributed by atoms with Gasteiger partial charge in [0.05, 0.1) is 0 Å². The van der Waals surface area contributed by atoms with Gasteiger partial charge in [0, 0.05) is 5.02 Å². The van der Waals surface area contributed by atoms with Crippen LogP contribution in [0.3, 0.4) is 0 Å². The lowest BCUT2D eigenvalue weighted by molar-refractivity contribution is 0.406. The third-order valence-corrected chi connectivity index (χ3v) is 2.75. The first-order valence-corrected chi connectivity index (χ1v) is 5.89. The number of hydrogen-bond acceptors (Lipinski definition) is 1. The lowest BCUT2D eigenvalue weighted by Gasteiger charge is -2.09. The van der Waals surface area contributed by atoms with Gasteiger partial charge >= 0.3 is 0 Å². The van der Waals surface area contributed by atoms with Crippen LogP contribution in [0.25, 0.3) is 0 Å². The third-order valence-electron chi connectivity index (χ3n) is 2.50. The highest BCUT2D eigenvalue weighted by Gasteiger charge is 2.13. The molecular weight excluding hydrogens is 258 g/mol. The summed E-state index contributed by atoms with van der Waals surface area (Å²) in [5.41, 5.74) is 0.591. The number of aryl methyl sites for hydroxylation is 1. The molecule has 0 radical (unpaired) electrons. The van der Waals surface area contributed by atoms with E-state index in [0.29, 0.717) is 22.8 Å². The summed E-state index contributed by atoms with van der Waals surface area (Å²) >= 11 is 5.71. The maximum atomic E-state index is 13.7. The van der Waals surface area contributed by atoms with Crippen LogP contribution in [0.5, 0.6) is 11.5 Å². The third kappa shape index (κ3) is 2.79. The fraction of sp³-hybridized carbons (Fsp3) is 0.143. The molecule has 94 valence electrons. The summed E-state index contributed by atoms with van der Waals surface area (Å²) in [6.07, 6.45) is 0.565. The van der Waals surface area contributed by atoms with E-state index in [1.807, 2.05) is 6.92 Å². The molecule has 0 aromatic heterocycles. The van der Waals surface area contributed by atoms with Crippen molar-refractivity contribution in [3.05, 3.63) is 58.6 Å². The second-order valence-electron chi connectivity index (χ2n) is 3.80. The Kier molecular flexibility index (Phi) is 3.82. The Labute approximate surface area is 109 Å². The van der Waals surface area contributed by atoms with Gasteiger partial charge in [-0.3, -0.25) is 0 Å². The van der Waals surface area contributed by atoms with Crippen molar-refractivity contribution in [2.24, 2.45) is 0 Å². The van der Waals surface area contributed by atoms with Crippen LogP contribution in [-0.2, 0) is 6.42 Å². The predicted molar refractivity (Wildman–Crippen MR) is 67.3 cm³/mol. The molecule has 0 unspecified atom stereocenters. The largest absolute Gasteiger partial charge is 0.451 e. The highest BCUT2D eigenvalue weighted by atomic mass is 35.5. The molecule has 1 nitrogen and oxygen atoms in total. The summed E-state index contributed by atoms with van der Waals surface area (Å²) in [5.74, 6) is -1.47. The molecule has 0 aliphatic heterocycles. The molecule has 0 bridgehead atoms. The van der Waals surface area contributed by atoms with Crippen molar-refractivity contribution in [1.29, 1.82) is 0 Å². The minimum absolute atomic E-state index is 0.335. The molecule has 0 saturated heterocycles. The lowest BCUT2D eigenvalue weighted by atomic mass is 10.1. The molecule has 2 aromatic rings. The highest BCUT2D eigenvalue weighted by Crippen LogP contribution is 2.29. The zero-order chi connectivity index (χ0) is 13.1. The minimum Gasteiger partial charge on any atom is -0.451 e. The summed E-state index contributed by atoms with van der Waals surface area (Å²) in [7, 11) is 0. The Morgan fingerprint density at radius 3 is 2.11 bits per heavy atom. The Morgan fingerprint density at radius 2 is 1.61 bits per heavy atom. The van der Waals surface area contributed by atoms with Gasteiger partial charge in [-0.2, -0.15) is 0 Å². The molecule has 0 heterocycles. The molecule has 0 amide bonds. The summed E-state index contributed by atoms with van der Waals surface area (Å²) < 4.78 is 32.5. The molecular formula is C14H11ClF2O. The molecule has 0 saturated carbocycles. The Bertz CT molecular complexity index is 529. The predicted octanol–water partition coefficient (Wildman–Crippen LogP) is 4.97. The Hall–Kier alpha value is -1.61. The first-order valence-electron chi connectivity index (χ1n) is 5.51. The number of hydrogen-bond donors (Lipinski definition) is 0.